The summed E-state index contributed by atoms with van der Waals surface area (Å²) in [4.78, 5) is 2.38. The van der Waals surface area contributed by atoms with Crippen LogP contribution in [-0.4, -0.2) is 54.6 Å². The average molecular weight is 312 g/mol. The van der Waals surface area contributed by atoms with Gasteiger partial charge in [-0.05, 0) is 37.5 Å². The van der Waals surface area contributed by atoms with Crippen molar-refractivity contribution in [2.75, 3.05) is 32.9 Å². The van der Waals surface area contributed by atoms with Gasteiger partial charge in [0.15, 0.2) is 0 Å². The van der Waals surface area contributed by atoms with E-state index in [4.69, 9.17) is 21.1 Å². The molecule has 0 spiro atoms. The van der Waals surface area contributed by atoms with Crippen LogP contribution < -0.4 is 4.74 Å². The number of benzene rings is 1. The molecule has 2 aliphatic rings. The molecule has 2 heterocycles. The van der Waals surface area contributed by atoms with Crippen LogP contribution in [0.2, 0.25) is 5.02 Å². The number of rotatable bonds is 4. The minimum atomic E-state index is -0.120. The Morgan fingerprint density at radius 3 is 2.90 bits per heavy atom. The zero-order chi connectivity index (χ0) is 14.7. The van der Waals surface area contributed by atoms with E-state index in [0.29, 0.717) is 5.02 Å². The molecule has 1 aromatic carbocycles. The van der Waals surface area contributed by atoms with Crippen molar-refractivity contribution in [2.24, 2.45) is 0 Å². The fourth-order valence-electron chi connectivity index (χ4n) is 3.31. The van der Waals surface area contributed by atoms with Crippen LogP contribution in [0, 0.1) is 0 Å². The van der Waals surface area contributed by atoms with E-state index in [0.717, 1.165) is 51.3 Å². The fraction of sp³-hybridized carbons (Fsp3) is 0.625. The number of hydrogen-bond donors (Lipinski definition) is 1. The highest BCUT2D eigenvalue weighted by molar-refractivity contribution is 6.30. The first kappa shape index (κ1) is 15.1. The highest BCUT2D eigenvalue weighted by Gasteiger charge is 2.41. The summed E-state index contributed by atoms with van der Waals surface area (Å²) in [6.45, 7) is 3.48. The maximum absolute atomic E-state index is 9.86. The van der Waals surface area contributed by atoms with Crippen molar-refractivity contribution in [3.8, 4) is 5.75 Å². The summed E-state index contributed by atoms with van der Waals surface area (Å²) in [5.41, 5.74) is -0.120. The van der Waals surface area contributed by atoms with Crippen LogP contribution in [0.15, 0.2) is 24.3 Å². The number of aliphatic hydroxyl groups excluding tert-OH is 1. The molecule has 0 aromatic heterocycles. The second kappa shape index (κ2) is 6.53. The van der Waals surface area contributed by atoms with E-state index in [1.807, 2.05) is 24.3 Å². The molecule has 21 heavy (non-hydrogen) atoms. The normalized spacial score (nSPS) is 25.9. The van der Waals surface area contributed by atoms with Gasteiger partial charge >= 0.3 is 0 Å². The molecule has 2 aliphatic heterocycles. The van der Waals surface area contributed by atoms with Crippen LogP contribution >= 0.6 is 11.6 Å². The first-order valence-electron chi connectivity index (χ1n) is 7.58. The van der Waals surface area contributed by atoms with Crippen LogP contribution in [0.3, 0.4) is 0 Å². The van der Waals surface area contributed by atoms with Gasteiger partial charge in [-0.1, -0.05) is 17.7 Å². The van der Waals surface area contributed by atoms with E-state index in [1.165, 1.54) is 0 Å². The Balaban J connectivity index is 1.62. The summed E-state index contributed by atoms with van der Waals surface area (Å²) >= 11 is 5.99. The Bertz CT molecular complexity index is 476. The molecule has 0 radical (unpaired) electrons. The van der Waals surface area contributed by atoms with Crippen LogP contribution in [0.1, 0.15) is 19.3 Å². The minimum Gasteiger partial charge on any atom is -0.489 e. The lowest BCUT2D eigenvalue weighted by atomic mass is 9.89. The van der Waals surface area contributed by atoms with Crippen molar-refractivity contribution < 1.29 is 14.6 Å². The van der Waals surface area contributed by atoms with Gasteiger partial charge in [-0.3, -0.25) is 4.90 Å². The van der Waals surface area contributed by atoms with Gasteiger partial charge in [0, 0.05) is 36.9 Å². The Labute approximate surface area is 130 Å². The first-order valence-corrected chi connectivity index (χ1v) is 7.95. The summed E-state index contributed by atoms with van der Waals surface area (Å²) < 4.78 is 11.5. The SMILES string of the molecule is OCC1(N2CC[C@@H](Oc3cccc(Cl)c3)C2)CCOCC1. The number of halogens is 1. The predicted octanol–water partition coefficient (Wildman–Crippen LogP) is 2.33. The lowest BCUT2D eigenvalue weighted by Crippen LogP contribution is -2.54. The Morgan fingerprint density at radius 2 is 2.19 bits per heavy atom. The zero-order valence-electron chi connectivity index (χ0n) is 12.1. The average Bonchev–Trinajstić information content (AvgIpc) is 2.97. The number of hydrogen-bond acceptors (Lipinski definition) is 4. The van der Waals surface area contributed by atoms with E-state index in [1.54, 1.807) is 0 Å². The third-order valence-corrected chi connectivity index (χ3v) is 4.87. The van der Waals surface area contributed by atoms with Gasteiger partial charge in [0.05, 0.1) is 6.61 Å². The second-order valence-electron chi connectivity index (χ2n) is 5.93. The molecule has 2 saturated heterocycles. The summed E-state index contributed by atoms with van der Waals surface area (Å²) in [5.74, 6) is 0.819. The lowest BCUT2D eigenvalue weighted by molar-refractivity contribution is -0.0501. The molecular formula is C16H22ClNO3. The quantitative estimate of drug-likeness (QED) is 0.927. The summed E-state index contributed by atoms with van der Waals surface area (Å²) in [6.07, 6.45) is 2.94. The Kier molecular flexibility index (Phi) is 4.69. The van der Waals surface area contributed by atoms with Crippen LogP contribution in [0.25, 0.3) is 0 Å². The molecule has 2 fully saturated rings. The zero-order valence-corrected chi connectivity index (χ0v) is 12.9. The van der Waals surface area contributed by atoms with Gasteiger partial charge in [-0.15, -0.1) is 0 Å². The molecule has 0 bridgehead atoms. The van der Waals surface area contributed by atoms with Gasteiger partial charge in [0.1, 0.15) is 11.9 Å². The molecule has 0 unspecified atom stereocenters. The van der Waals surface area contributed by atoms with Crippen LogP contribution in [-0.2, 0) is 4.74 Å². The van der Waals surface area contributed by atoms with Gasteiger partial charge in [0.25, 0.3) is 0 Å². The summed E-state index contributed by atoms with van der Waals surface area (Å²) in [6, 6.07) is 7.53. The second-order valence-corrected chi connectivity index (χ2v) is 6.36. The molecular weight excluding hydrogens is 290 g/mol. The number of likely N-dealkylation sites (tertiary alicyclic amines) is 1. The van der Waals surface area contributed by atoms with Crippen molar-refractivity contribution in [3.05, 3.63) is 29.3 Å². The number of nitrogens with zero attached hydrogens (tertiary/aromatic N) is 1. The Hall–Kier alpha value is -0.810. The standard InChI is InChI=1S/C16H22ClNO3/c17-13-2-1-3-14(10-13)21-15-4-7-18(11-15)16(12-19)5-8-20-9-6-16/h1-3,10,15,19H,4-9,11-12H2/t15-/m1/s1. The molecule has 1 N–H and O–H groups in total. The molecule has 4 nitrogen and oxygen atoms in total. The maximum atomic E-state index is 9.86. The van der Waals surface area contributed by atoms with Gasteiger partial charge < -0.3 is 14.6 Å². The van der Waals surface area contributed by atoms with Gasteiger partial charge in [-0.25, -0.2) is 0 Å². The fourth-order valence-corrected chi connectivity index (χ4v) is 3.49. The molecule has 1 aromatic rings. The maximum Gasteiger partial charge on any atom is 0.121 e. The third-order valence-electron chi connectivity index (χ3n) is 4.63. The highest BCUT2D eigenvalue weighted by atomic mass is 35.5. The molecule has 3 rings (SSSR count). The number of aliphatic hydroxyl groups is 1. The van der Waals surface area contributed by atoms with E-state index < -0.39 is 0 Å². The van der Waals surface area contributed by atoms with Crippen molar-refractivity contribution in [1.82, 2.24) is 4.90 Å². The summed E-state index contributed by atoms with van der Waals surface area (Å²) in [7, 11) is 0. The van der Waals surface area contributed by atoms with Crippen molar-refractivity contribution in [1.29, 1.82) is 0 Å². The Morgan fingerprint density at radius 1 is 1.38 bits per heavy atom. The van der Waals surface area contributed by atoms with Crippen molar-refractivity contribution in [2.45, 2.75) is 30.9 Å². The topological polar surface area (TPSA) is 41.9 Å². The van der Waals surface area contributed by atoms with Gasteiger partial charge in [0.2, 0.25) is 0 Å². The monoisotopic (exact) mass is 311 g/mol. The van der Waals surface area contributed by atoms with Crippen LogP contribution in [0.5, 0.6) is 5.75 Å². The lowest BCUT2D eigenvalue weighted by Gasteiger charge is -2.43. The minimum absolute atomic E-state index is 0.120. The smallest absolute Gasteiger partial charge is 0.121 e. The van der Waals surface area contributed by atoms with Crippen molar-refractivity contribution in [3.63, 3.8) is 0 Å². The highest BCUT2D eigenvalue weighted by Crippen LogP contribution is 2.32. The molecule has 0 amide bonds. The third kappa shape index (κ3) is 3.34. The van der Waals surface area contributed by atoms with E-state index in [9.17, 15) is 5.11 Å². The van der Waals surface area contributed by atoms with E-state index >= 15 is 0 Å². The van der Waals surface area contributed by atoms with Crippen molar-refractivity contribution >= 4 is 11.6 Å². The predicted molar refractivity (Wildman–Crippen MR) is 81.9 cm³/mol. The van der Waals surface area contributed by atoms with E-state index in [-0.39, 0.29) is 18.2 Å². The number of ether oxygens (including phenoxy) is 2. The molecule has 0 aliphatic carbocycles. The largest absolute Gasteiger partial charge is 0.489 e. The van der Waals surface area contributed by atoms with E-state index in [2.05, 4.69) is 4.90 Å². The van der Waals surface area contributed by atoms with Gasteiger partial charge in [-0.2, -0.15) is 0 Å². The molecule has 5 heteroatoms. The van der Waals surface area contributed by atoms with Crippen LogP contribution in [0.4, 0.5) is 0 Å². The first-order chi connectivity index (χ1) is 10.2. The molecule has 1 atom stereocenters. The molecule has 116 valence electrons. The summed E-state index contributed by atoms with van der Waals surface area (Å²) in [5, 5.41) is 10.6. The molecule has 0 saturated carbocycles.